The van der Waals surface area contributed by atoms with Gasteiger partial charge in [-0.25, -0.2) is 15.0 Å². The highest BCUT2D eigenvalue weighted by atomic mass is 16.4. The predicted molar refractivity (Wildman–Crippen MR) is 108 cm³/mol. The Labute approximate surface area is 163 Å². The SMILES string of the molecule is CCC1C(=O)CCCN1c1ncc(-c2cccc(Nc3nccc(C)n3)c2)o1. The van der Waals surface area contributed by atoms with Crippen LogP contribution in [0.25, 0.3) is 11.3 Å². The van der Waals surface area contributed by atoms with E-state index >= 15 is 0 Å². The third kappa shape index (κ3) is 3.74. The van der Waals surface area contributed by atoms with Crippen molar-refractivity contribution in [3.63, 3.8) is 0 Å². The van der Waals surface area contributed by atoms with E-state index in [1.54, 1.807) is 12.4 Å². The quantitative estimate of drug-likeness (QED) is 0.715. The van der Waals surface area contributed by atoms with E-state index in [-0.39, 0.29) is 11.8 Å². The fourth-order valence-corrected chi connectivity index (χ4v) is 3.52. The highest BCUT2D eigenvalue weighted by Gasteiger charge is 2.31. The summed E-state index contributed by atoms with van der Waals surface area (Å²) in [6.45, 7) is 4.73. The number of ketones is 1. The molecule has 1 aromatic carbocycles. The molecule has 7 heteroatoms. The molecule has 1 saturated heterocycles. The summed E-state index contributed by atoms with van der Waals surface area (Å²) in [7, 11) is 0. The number of aromatic nitrogens is 3. The summed E-state index contributed by atoms with van der Waals surface area (Å²) in [6.07, 6.45) is 5.66. The standard InChI is InChI=1S/C21H23N5O2/c1-3-17-18(27)8-5-11-26(17)21-23-13-19(28-21)15-6-4-7-16(12-15)25-20-22-10-9-14(2)24-20/h4,6-7,9-10,12-13,17H,3,5,8,11H2,1-2H3,(H,22,24,25). The smallest absolute Gasteiger partial charge is 0.298 e. The van der Waals surface area contributed by atoms with E-state index in [2.05, 4.69) is 20.3 Å². The van der Waals surface area contributed by atoms with Crippen molar-refractivity contribution in [3.8, 4) is 11.3 Å². The molecule has 1 N–H and O–H groups in total. The van der Waals surface area contributed by atoms with Gasteiger partial charge in [0.1, 0.15) is 0 Å². The molecule has 0 radical (unpaired) electrons. The van der Waals surface area contributed by atoms with Crippen molar-refractivity contribution in [2.75, 3.05) is 16.8 Å². The minimum absolute atomic E-state index is 0.147. The van der Waals surface area contributed by atoms with Crippen molar-refractivity contribution in [1.82, 2.24) is 15.0 Å². The third-order valence-corrected chi connectivity index (χ3v) is 4.89. The molecule has 0 amide bonds. The van der Waals surface area contributed by atoms with Crippen molar-refractivity contribution in [2.45, 2.75) is 39.2 Å². The lowest BCUT2D eigenvalue weighted by atomic mass is 9.99. The highest BCUT2D eigenvalue weighted by Crippen LogP contribution is 2.30. The van der Waals surface area contributed by atoms with E-state index in [0.29, 0.717) is 24.1 Å². The molecule has 144 valence electrons. The van der Waals surface area contributed by atoms with Gasteiger partial charge in [-0.3, -0.25) is 4.79 Å². The number of aryl methyl sites for hydroxylation is 1. The Morgan fingerprint density at radius 1 is 1.29 bits per heavy atom. The summed E-state index contributed by atoms with van der Waals surface area (Å²) in [5, 5.41) is 3.21. The second-order valence-corrected chi connectivity index (χ2v) is 6.92. The Kier molecular flexibility index (Phi) is 5.06. The van der Waals surface area contributed by atoms with Crippen LogP contribution in [-0.2, 0) is 4.79 Å². The summed E-state index contributed by atoms with van der Waals surface area (Å²) in [5.74, 6) is 1.47. The lowest BCUT2D eigenvalue weighted by molar-refractivity contribution is -0.121. The van der Waals surface area contributed by atoms with Crippen LogP contribution >= 0.6 is 0 Å². The molecule has 4 rings (SSSR count). The van der Waals surface area contributed by atoms with Gasteiger partial charge in [-0.05, 0) is 38.0 Å². The molecule has 0 spiro atoms. The number of benzene rings is 1. The summed E-state index contributed by atoms with van der Waals surface area (Å²) < 4.78 is 6.02. The second-order valence-electron chi connectivity index (χ2n) is 6.92. The zero-order chi connectivity index (χ0) is 19.5. The van der Waals surface area contributed by atoms with Crippen LogP contribution in [0, 0.1) is 6.92 Å². The molecular weight excluding hydrogens is 354 g/mol. The second kappa shape index (κ2) is 7.80. The number of anilines is 3. The van der Waals surface area contributed by atoms with Crippen molar-refractivity contribution in [2.24, 2.45) is 0 Å². The molecule has 3 aromatic rings. The van der Waals surface area contributed by atoms with Gasteiger partial charge in [0.15, 0.2) is 11.5 Å². The number of Topliss-reactive ketones (excluding diaryl/α,β-unsaturated/α-hetero) is 1. The number of hydrogen-bond donors (Lipinski definition) is 1. The largest absolute Gasteiger partial charge is 0.423 e. The Hall–Kier alpha value is -3.22. The minimum atomic E-state index is -0.147. The Morgan fingerprint density at radius 2 is 2.18 bits per heavy atom. The van der Waals surface area contributed by atoms with Gasteiger partial charge < -0.3 is 14.6 Å². The molecule has 0 saturated carbocycles. The molecule has 0 bridgehead atoms. The summed E-state index contributed by atoms with van der Waals surface area (Å²) >= 11 is 0. The van der Waals surface area contributed by atoms with Gasteiger partial charge in [-0.2, -0.15) is 0 Å². The number of nitrogens with zero attached hydrogens (tertiary/aromatic N) is 4. The molecular formula is C21H23N5O2. The number of nitrogens with one attached hydrogen (secondary N) is 1. The van der Waals surface area contributed by atoms with Crippen molar-refractivity contribution in [1.29, 1.82) is 0 Å². The van der Waals surface area contributed by atoms with E-state index in [1.165, 1.54) is 0 Å². The lowest BCUT2D eigenvalue weighted by Gasteiger charge is -2.32. The van der Waals surface area contributed by atoms with Crippen LogP contribution in [-0.4, -0.2) is 33.3 Å². The molecule has 3 heterocycles. The van der Waals surface area contributed by atoms with Gasteiger partial charge in [0.2, 0.25) is 5.95 Å². The van der Waals surface area contributed by atoms with Gasteiger partial charge in [0, 0.05) is 36.1 Å². The zero-order valence-electron chi connectivity index (χ0n) is 16.1. The number of oxazole rings is 1. The first-order chi connectivity index (χ1) is 13.6. The Bertz CT molecular complexity index is 984. The van der Waals surface area contributed by atoms with E-state index in [4.69, 9.17) is 4.42 Å². The van der Waals surface area contributed by atoms with E-state index in [0.717, 1.165) is 36.3 Å². The van der Waals surface area contributed by atoms with Crippen LogP contribution < -0.4 is 10.2 Å². The average Bonchev–Trinajstić information content (AvgIpc) is 3.18. The normalized spacial score (nSPS) is 17.0. The molecule has 1 fully saturated rings. The maximum atomic E-state index is 12.2. The average molecular weight is 377 g/mol. The molecule has 1 aliphatic rings. The third-order valence-electron chi connectivity index (χ3n) is 4.89. The van der Waals surface area contributed by atoms with Gasteiger partial charge in [0.25, 0.3) is 6.01 Å². The topological polar surface area (TPSA) is 84.2 Å². The summed E-state index contributed by atoms with van der Waals surface area (Å²) in [4.78, 5) is 27.2. The number of rotatable bonds is 5. The molecule has 7 nitrogen and oxygen atoms in total. The Morgan fingerprint density at radius 3 is 3.00 bits per heavy atom. The number of piperidine rings is 1. The summed E-state index contributed by atoms with van der Waals surface area (Å²) in [5.41, 5.74) is 2.66. The van der Waals surface area contributed by atoms with Crippen LogP contribution in [0.15, 0.2) is 47.1 Å². The minimum Gasteiger partial charge on any atom is -0.423 e. The van der Waals surface area contributed by atoms with Crippen molar-refractivity contribution >= 4 is 23.4 Å². The lowest BCUT2D eigenvalue weighted by Crippen LogP contribution is -2.45. The maximum Gasteiger partial charge on any atom is 0.298 e. The van der Waals surface area contributed by atoms with Crippen LogP contribution in [0.3, 0.4) is 0 Å². The number of hydrogen-bond acceptors (Lipinski definition) is 7. The molecule has 2 aromatic heterocycles. The van der Waals surface area contributed by atoms with Gasteiger partial charge in [-0.1, -0.05) is 19.1 Å². The molecule has 1 atom stereocenters. The zero-order valence-corrected chi connectivity index (χ0v) is 16.1. The van der Waals surface area contributed by atoms with Gasteiger partial charge in [-0.15, -0.1) is 0 Å². The number of carbonyl (C=O) groups is 1. The van der Waals surface area contributed by atoms with Gasteiger partial charge in [0.05, 0.1) is 12.2 Å². The van der Waals surface area contributed by atoms with Crippen molar-refractivity contribution in [3.05, 3.63) is 48.4 Å². The number of carbonyl (C=O) groups excluding carboxylic acids is 1. The monoisotopic (exact) mass is 377 g/mol. The molecule has 1 unspecified atom stereocenters. The van der Waals surface area contributed by atoms with E-state index in [9.17, 15) is 4.79 Å². The molecule has 1 aliphatic heterocycles. The van der Waals surface area contributed by atoms with Crippen LogP contribution in [0.4, 0.5) is 17.7 Å². The summed E-state index contributed by atoms with van der Waals surface area (Å²) in [6, 6.07) is 10.0. The first-order valence-electron chi connectivity index (χ1n) is 9.56. The van der Waals surface area contributed by atoms with E-state index in [1.807, 2.05) is 49.1 Å². The molecule has 0 aliphatic carbocycles. The van der Waals surface area contributed by atoms with E-state index < -0.39 is 0 Å². The fourth-order valence-electron chi connectivity index (χ4n) is 3.52. The van der Waals surface area contributed by atoms with Gasteiger partial charge >= 0.3 is 0 Å². The predicted octanol–water partition coefficient (Wildman–Crippen LogP) is 4.13. The molecule has 28 heavy (non-hydrogen) atoms. The van der Waals surface area contributed by atoms with Crippen LogP contribution in [0.1, 0.15) is 31.9 Å². The van der Waals surface area contributed by atoms with Crippen molar-refractivity contribution < 1.29 is 9.21 Å². The fraction of sp³-hybridized carbons (Fsp3) is 0.333. The first kappa shape index (κ1) is 18.2. The highest BCUT2D eigenvalue weighted by molar-refractivity contribution is 5.87. The van der Waals surface area contributed by atoms with Crippen LogP contribution in [0.2, 0.25) is 0 Å². The maximum absolute atomic E-state index is 12.2. The first-order valence-corrected chi connectivity index (χ1v) is 9.56. The van der Waals surface area contributed by atoms with Crippen LogP contribution in [0.5, 0.6) is 0 Å². The Balaban J connectivity index is 1.56.